The van der Waals surface area contributed by atoms with Crippen LogP contribution in [0.25, 0.3) is 0 Å². The largest absolute Gasteiger partial charge is 0.490 e. The Kier molecular flexibility index (Phi) is 4.83. The minimum absolute atomic E-state index is 0.0177. The van der Waals surface area contributed by atoms with Crippen LogP contribution in [-0.2, 0) is 10.0 Å². The quantitative estimate of drug-likeness (QED) is 0.907. The highest BCUT2D eigenvalue weighted by Crippen LogP contribution is 2.38. The summed E-state index contributed by atoms with van der Waals surface area (Å²) in [5.41, 5.74) is -0.620. The summed E-state index contributed by atoms with van der Waals surface area (Å²) in [4.78, 5) is 0. The molecule has 1 saturated carbocycles. The fourth-order valence-electron chi connectivity index (χ4n) is 2.88. The topological polar surface area (TPSA) is 69.4 Å². The Morgan fingerprint density at radius 2 is 1.86 bits per heavy atom. The molecule has 0 heterocycles. The summed E-state index contributed by atoms with van der Waals surface area (Å²) < 4.78 is 54.9. The van der Waals surface area contributed by atoms with E-state index in [2.05, 4.69) is 0 Å². The van der Waals surface area contributed by atoms with Gasteiger partial charge in [-0.1, -0.05) is 19.3 Å². The van der Waals surface area contributed by atoms with Crippen molar-refractivity contribution in [3.8, 4) is 5.75 Å². The second-order valence-corrected chi connectivity index (χ2v) is 7.35. The van der Waals surface area contributed by atoms with Crippen LogP contribution < -0.4 is 9.88 Å². The van der Waals surface area contributed by atoms with Gasteiger partial charge in [-0.15, -0.1) is 0 Å². The second kappa shape index (κ2) is 6.27. The first-order valence-corrected chi connectivity index (χ1v) is 8.60. The molecule has 0 atom stereocenters. The number of hydrogen-bond acceptors (Lipinski definition) is 3. The van der Waals surface area contributed by atoms with Gasteiger partial charge in [0.2, 0.25) is 10.0 Å². The second-order valence-electron chi connectivity index (χ2n) is 5.73. The van der Waals surface area contributed by atoms with Crippen LogP contribution in [0.2, 0.25) is 0 Å². The summed E-state index contributed by atoms with van der Waals surface area (Å²) >= 11 is 0. The molecule has 0 amide bonds. The summed E-state index contributed by atoms with van der Waals surface area (Å²) in [5, 5.41) is 5.16. The Balaban J connectivity index is 2.14. The first-order valence-electron chi connectivity index (χ1n) is 6.88. The van der Waals surface area contributed by atoms with E-state index >= 15 is 0 Å². The third-order valence-electron chi connectivity index (χ3n) is 3.85. The van der Waals surface area contributed by atoms with Crippen molar-refractivity contribution in [1.82, 2.24) is 0 Å². The van der Waals surface area contributed by atoms with Gasteiger partial charge >= 0.3 is 0 Å². The third-order valence-corrected chi connectivity index (χ3v) is 4.86. The summed E-state index contributed by atoms with van der Waals surface area (Å²) in [5.74, 6) is -1.67. The number of benzene rings is 1. The minimum atomic E-state index is -3.65. The zero-order valence-electron chi connectivity index (χ0n) is 11.6. The van der Waals surface area contributed by atoms with Gasteiger partial charge in [-0.2, -0.15) is 0 Å². The monoisotopic (exact) mass is 319 g/mol. The van der Waals surface area contributed by atoms with Gasteiger partial charge in [0.05, 0.1) is 12.4 Å². The lowest BCUT2D eigenvalue weighted by Crippen LogP contribution is -2.40. The minimum Gasteiger partial charge on any atom is -0.490 e. The smallest absolute Gasteiger partial charge is 0.209 e. The van der Waals surface area contributed by atoms with Crippen molar-refractivity contribution in [3.05, 3.63) is 29.8 Å². The van der Waals surface area contributed by atoms with E-state index in [4.69, 9.17) is 9.88 Å². The van der Waals surface area contributed by atoms with Gasteiger partial charge in [-0.25, -0.2) is 22.3 Å². The molecule has 1 aromatic carbocycles. The molecule has 0 saturated heterocycles. The molecule has 2 rings (SSSR count). The lowest BCUT2D eigenvalue weighted by molar-refractivity contribution is 0.115. The summed E-state index contributed by atoms with van der Waals surface area (Å²) in [6.45, 7) is 0.0177. The highest BCUT2D eigenvalue weighted by Gasteiger charge is 2.36. The van der Waals surface area contributed by atoms with Gasteiger partial charge in [0.1, 0.15) is 5.82 Å². The van der Waals surface area contributed by atoms with E-state index in [-0.39, 0.29) is 18.1 Å². The molecule has 0 radical (unpaired) electrons. The zero-order valence-corrected chi connectivity index (χ0v) is 12.5. The Labute approximate surface area is 123 Å². The van der Waals surface area contributed by atoms with Crippen LogP contribution in [0.5, 0.6) is 5.75 Å². The van der Waals surface area contributed by atoms with Gasteiger partial charge in [-0.3, -0.25) is 0 Å². The molecule has 4 nitrogen and oxygen atoms in total. The number of ether oxygens (including phenoxy) is 1. The van der Waals surface area contributed by atoms with E-state index in [1.165, 1.54) is 0 Å². The number of rotatable bonds is 5. The lowest BCUT2D eigenvalue weighted by Gasteiger charge is -2.36. The van der Waals surface area contributed by atoms with Crippen LogP contribution in [0.4, 0.5) is 8.78 Å². The van der Waals surface area contributed by atoms with Crippen LogP contribution in [0.3, 0.4) is 0 Å². The fourth-order valence-corrected chi connectivity index (χ4v) is 4.10. The van der Waals surface area contributed by atoms with Crippen molar-refractivity contribution < 1.29 is 21.9 Å². The Hall–Kier alpha value is -1.21. The van der Waals surface area contributed by atoms with E-state index in [0.717, 1.165) is 37.5 Å². The predicted octanol–water partition coefficient (Wildman–Crippen LogP) is 2.58. The average Bonchev–Trinajstić information content (AvgIpc) is 2.39. The standard InChI is InChI=1S/C14H19F2NO3S/c15-11-4-5-12(16)13(8-11)20-9-14(10-21(17,18)19)6-2-1-3-7-14/h4-5,8H,1-3,6-7,9-10H2,(H2,17,18,19). The van der Waals surface area contributed by atoms with Crippen LogP contribution in [0.1, 0.15) is 32.1 Å². The third kappa shape index (κ3) is 4.64. The summed E-state index contributed by atoms with van der Waals surface area (Å²) in [7, 11) is -3.65. The van der Waals surface area contributed by atoms with Crippen LogP contribution in [0, 0.1) is 17.0 Å². The lowest BCUT2D eigenvalue weighted by atomic mass is 9.76. The molecule has 7 heteroatoms. The molecular formula is C14H19F2NO3S. The van der Waals surface area contributed by atoms with Crippen molar-refractivity contribution in [2.24, 2.45) is 10.6 Å². The number of nitrogens with two attached hydrogens (primary N) is 1. The highest BCUT2D eigenvalue weighted by molar-refractivity contribution is 7.89. The van der Waals surface area contributed by atoms with Gasteiger partial charge in [0, 0.05) is 11.5 Å². The van der Waals surface area contributed by atoms with E-state index in [1.54, 1.807) is 0 Å². The fraction of sp³-hybridized carbons (Fsp3) is 0.571. The molecule has 21 heavy (non-hydrogen) atoms. The summed E-state index contributed by atoms with van der Waals surface area (Å²) in [6.07, 6.45) is 4.09. The molecular weight excluding hydrogens is 300 g/mol. The Bertz CT molecular complexity index is 598. The molecule has 118 valence electrons. The maximum Gasteiger partial charge on any atom is 0.209 e. The number of primary sulfonamides is 1. The van der Waals surface area contributed by atoms with Gasteiger partial charge in [0.25, 0.3) is 0 Å². The zero-order chi connectivity index (χ0) is 15.5. The predicted molar refractivity (Wildman–Crippen MR) is 75.3 cm³/mol. The number of hydrogen-bond donors (Lipinski definition) is 1. The number of sulfonamides is 1. The van der Waals surface area contributed by atoms with Crippen LogP contribution >= 0.6 is 0 Å². The van der Waals surface area contributed by atoms with E-state index in [9.17, 15) is 17.2 Å². The highest BCUT2D eigenvalue weighted by atomic mass is 32.2. The Morgan fingerprint density at radius 3 is 2.48 bits per heavy atom. The Morgan fingerprint density at radius 1 is 1.19 bits per heavy atom. The molecule has 1 aliphatic rings. The molecule has 2 N–H and O–H groups in total. The van der Waals surface area contributed by atoms with Crippen LogP contribution in [-0.4, -0.2) is 20.8 Å². The molecule has 0 spiro atoms. The van der Waals surface area contributed by atoms with Crippen molar-refractivity contribution >= 4 is 10.0 Å². The molecule has 0 unspecified atom stereocenters. The van der Waals surface area contributed by atoms with Crippen LogP contribution in [0.15, 0.2) is 18.2 Å². The van der Waals surface area contributed by atoms with Gasteiger partial charge < -0.3 is 4.74 Å². The molecule has 0 aromatic heterocycles. The molecule has 0 aliphatic heterocycles. The summed E-state index contributed by atoms with van der Waals surface area (Å²) in [6, 6.07) is 2.95. The maximum absolute atomic E-state index is 13.6. The van der Waals surface area contributed by atoms with E-state index < -0.39 is 27.1 Å². The average molecular weight is 319 g/mol. The number of halogens is 2. The normalized spacial score (nSPS) is 18.4. The van der Waals surface area contributed by atoms with Crippen molar-refractivity contribution in [2.45, 2.75) is 32.1 Å². The molecule has 1 aliphatic carbocycles. The van der Waals surface area contributed by atoms with Gasteiger partial charge in [-0.05, 0) is 25.0 Å². The molecule has 1 fully saturated rings. The maximum atomic E-state index is 13.6. The first kappa shape index (κ1) is 16.2. The van der Waals surface area contributed by atoms with Crippen molar-refractivity contribution in [2.75, 3.05) is 12.4 Å². The SMILES string of the molecule is NS(=O)(=O)CC1(COc2cc(F)ccc2F)CCCCC1. The van der Waals surface area contributed by atoms with Crippen molar-refractivity contribution in [3.63, 3.8) is 0 Å². The molecule has 1 aromatic rings. The van der Waals surface area contributed by atoms with Gasteiger partial charge in [0.15, 0.2) is 11.6 Å². The first-order chi connectivity index (χ1) is 9.80. The molecule has 0 bridgehead atoms. The van der Waals surface area contributed by atoms with Crippen molar-refractivity contribution in [1.29, 1.82) is 0 Å². The van der Waals surface area contributed by atoms with E-state index in [1.807, 2.05) is 0 Å². The van der Waals surface area contributed by atoms with E-state index in [0.29, 0.717) is 12.8 Å².